The van der Waals surface area contributed by atoms with E-state index in [4.69, 9.17) is 4.74 Å². The van der Waals surface area contributed by atoms with Crippen molar-refractivity contribution in [3.63, 3.8) is 0 Å². The number of hydrogen-bond donors (Lipinski definition) is 1. The molecule has 6 heteroatoms. The second-order valence-corrected chi connectivity index (χ2v) is 7.43. The third kappa shape index (κ3) is 4.87. The normalized spacial score (nSPS) is 10.9. The van der Waals surface area contributed by atoms with E-state index in [2.05, 4.69) is 17.3 Å². The number of fused-ring (bicyclic) bond motifs is 1. The van der Waals surface area contributed by atoms with E-state index in [-0.39, 0.29) is 17.2 Å². The highest BCUT2D eigenvalue weighted by Crippen LogP contribution is 2.27. The molecule has 0 atom stereocenters. The van der Waals surface area contributed by atoms with Gasteiger partial charge in [-0.15, -0.1) is 0 Å². The van der Waals surface area contributed by atoms with Gasteiger partial charge in [-0.05, 0) is 43.5 Å². The lowest BCUT2D eigenvalue weighted by Gasteiger charge is -2.14. The molecule has 1 aromatic heterocycles. The molecule has 1 amide bonds. The molecule has 1 heterocycles. The summed E-state index contributed by atoms with van der Waals surface area (Å²) in [5.74, 6) is 0.270. The Balaban J connectivity index is 1.99. The molecule has 0 saturated carbocycles. The minimum absolute atomic E-state index is 0.166. The van der Waals surface area contributed by atoms with Crippen molar-refractivity contribution in [1.29, 1.82) is 0 Å². The molecule has 0 aliphatic carbocycles. The molecular weight excluding hydrogens is 378 g/mol. The van der Waals surface area contributed by atoms with E-state index < -0.39 is 0 Å². The van der Waals surface area contributed by atoms with Gasteiger partial charge in [0.05, 0.1) is 17.7 Å². The first-order valence-electron chi connectivity index (χ1n) is 10.6. The lowest BCUT2D eigenvalue weighted by molar-refractivity contribution is 0.102. The summed E-state index contributed by atoms with van der Waals surface area (Å²) in [4.78, 5) is 26.0. The van der Waals surface area contributed by atoms with E-state index in [0.29, 0.717) is 35.4 Å². The van der Waals surface area contributed by atoms with Crippen LogP contribution in [0.15, 0.2) is 47.3 Å². The van der Waals surface area contributed by atoms with Gasteiger partial charge in [0.2, 0.25) is 0 Å². The van der Waals surface area contributed by atoms with Crippen molar-refractivity contribution in [2.75, 3.05) is 11.9 Å². The number of unbranched alkanes of at least 4 members (excludes halogenated alkanes) is 2. The fourth-order valence-electron chi connectivity index (χ4n) is 3.31. The van der Waals surface area contributed by atoms with E-state index >= 15 is 0 Å². The maximum atomic E-state index is 13.2. The molecule has 0 aliphatic rings. The molecule has 2 aromatic carbocycles. The summed E-state index contributed by atoms with van der Waals surface area (Å²) in [7, 11) is 0. The van der Waals surface area contributed by atoms with E-state index in [1.807, 2.05) is 38.1 Å². The highest BCUT2D eigenvalue weighted by atomic mass is 16.5. The number of hydrogen-bond acceptors (Lipinski definition) is 4. The average molecular weight is 408 g/mol. The quantitative estimate of drug-likeness (QED) is 0.510. The van der Waals surface area contributed by atoms with Crippen LogP contribution in [0, 0.1) is 6.92 Å². The van der Waals surface area contributed by atoms with Crippen molar-refractivity contribution in [2.24, 2.45) is 0 Å². The fraction of sp³-hybridized carbons (Fsp3) is 0.375. The maximum absolute atomic E-state index is 13.2. The largest absolute Gasteiger partial charge is 0.491 e. The topological polar surface area (TPSA) is 73.2 Å². The van der Waals surface area contributed by atoms with Crippen LogP contribution in [0.1, 0.15) is 55.6 Å². The van der Waals surface area contributed by atoms with Crippen LogP contribution in [0.5, 0.6) is 5.75 Å². The molecule has 3 aromatic rings. The summed E-state index contributed by atoms with van der Waals surface area (Å²) in [6.45, 7) is 7.18. The number of aromatic nitrogens is 2. The molecule has 1 N–H and O–H groups in total. The molecule has 30 heavy (non-hydrogen) atoms. The predicted octanol–water partition coefficient (Wildman–Crippen LogP) is 4.94. The van der Waals surface area contributed by atoms with Crippen LogP contribution in [0.2, 0.25) is 0 Å². The molecule has 0 saturated heterocycles. The summed E-state index contributed by atoms with van der Waals surface area (Å²) in [6, 6.07) is 12.8. The van der Waals surface area contributed by atoms with Crippen molar-refractivity contribution >= 4 is 22.4 Å². The van der Waals surface area contributed by atoms with Gasteiger partial charge in [-0.25, -0.2) is 4.68 Å². The van der Waals surface area contributed by atoms with Crippen molar-refractivity contribution in [2.45, 2.75) is 53.0 Å². The second kappa shape index (κ2) is 10.1. The van der Waals surface area contributed by atoms with Crippen molar-refractivity contribution in [3.8, 4) is 5.75 Å². The monoisotopic (exact) mass is 407 g/mol. The van der Waals surface area contributed by atoms with Crippen LogP contribution in [-0.4, -0.2) is 22.3 Å². The Morgan fingerprint density at radius 3 is 2.57 bits per heavy atom. The third-order valence-electron chi connectivity index (χ3n) is 4.90. The Morgan fingerprint density at radius 2 is 1.83 bits per heavy atom. The highest BCUT2D eigenvalue weighted by Gasteiger charge is 2.18. The SMILES string of the molecule is CCCCCn1nc(C(=O)Nc2ccc(C)cc2OCCC)c2ccccc2c1=O. The van der Waals surface area contributed by atoms with Crippen LogP contribution in [-0.2, 0) is 6.54 Å². The molecule has 0 radical (unpaired) electrons. The number of carbonyl (C=O) groups is 1. The highest BCUT2D eigenvalue weighted by molar-refractivity contribution is 6.11. The predicted molar refractivity (Wildman–Crippen MR) is 120 cm³/mol. The number of amides is 1. The Labute approximate surface area is 176 Å². The number of nitrogens with one attached hydrogen (secondary N) is 1. The van der Waals surface area contributed by atoms with E-state index in [1.54, 1.807) is 18.2 Å². The van der Waals surface area contributed by atoms with Gasteiger partial charge in [0.1, 0.15) is 5.75 Å². The van der Waals surface area contributed by atoms with Gasteiger partial charge in [-0.2, -0.15) is 5.10 Å². The first-order valence-corrected chi connectivity index (χ1v) is 10.6. The number of carbonyl (C=O) groups excluding carboxylic acids is 1. The van der Waals surface area contributed by atoms with Crippen molar-refractivity contribution in [3.05, 3.63) is 64.1 Å². The molecule has 0 bridgehead atoms. The molecule has 0 aliphatic heterocycles. The van der Waals surface area contributed by atoms with Crippen LogP contribution in [0.3, 0.4) is 0 Å². The molecule has 0 unspecified atom stereocenters. The zero-order chi connectivity index (χ0) is 21.5. The average Bonchev–Trinajstić information content (AvgIpc) is 2.75. The Hall–Kier alpha value is -3.15. The maximum Gasteiger partial charge on any atom is 0.276 e. The van der Waals surface area contributed by atoms with Crippen molar-refractivity contribution in [1.82, 2.24) is 9.78 Å². The number of aryl methyl sites for hydroxylation is 2. The van der Waals surface area contributed by atoms with Gasteiger partial charge in [-0.1, -0.05) is 51.0 Å². The summed E-state index contributed by atoms with van der Waals surface area (Å²) < 4.78 is 7.22. The molecular formula is C24H29N3O3. The Kier molecular flexibility index (Phi) is 7.22. The fourth-order valence-corrected chi connectivity index (χ4v) is 3.31. The first kappa shape index (κ1) is 21.6. The van der Waals surface area contributed by atoms with Gasteiger partial charge >= 0.3 is 0 Å². The number of anilines is 1. The summed E-state index contributed by atoms with van der Waals surface area (Å²) in [5, 5.41) is 8.41. The van der Waals surface area contributed by atoms with Crippen LogP contribution >= 0.6 is 0 Å². The number of benzene rings is 2. The third-order valence-corrected chi connectivity index (χ3v) is 4.90. The standard InChI is InChI=1S/C24H29N3O3/c1-4-6-9-14-27-24(29)19-11-8-7-10-18(19)22(26-27)23(28)25-20-13-12-17(3)16-21(20)30-15-5-2/h7-8,10-13,16H,4-6,9,14-15H2,1-3H3,(H,25,28). The number of nitrogens with zero attached hydrogens (tertiary/aromatic N) is 2. The molecule has 0 fully saturated rings. The zero-order valence-electron chi connectivity index (χ0n) is 17.9. The minimum atomic E-state index is -0.361. The van der Waals surface area contributed by atoms with Crippen LogP contribution < -0.4 is 15.6 Å². The number of rotatable bonds is 9. The molecule has 158 valence electrons. The minimum Gasteiger partial charge on any atom is -0.491 e. The Morgan fingerprint density at radius 1 is 1.07 bits per heavy atom. The van der Waals surface area contributed by atoms with Gasteiger partial charge in [0.15, 0.2) is 5.69 Å². The Bertz CT molecular complexity index is 1090. The first-order chi connectivity index (χ1) is 14.5. The lowest BCUT2D eigenvalue weighted by Crippen LogP contribution is -2.28. The smallest absolute Gasteiger partial charge is 0.276 e. The van der Waals surface area contributed by atoms with Gasteiger partial charge < -0.3 is 10.1 Å². The van der Waals surface area contributed by atoms with Crippen LogP contribution in [0.25, 0.3) is 10.8 Å². The molecule has 3 rings (SSSR count). The number of ether oxygens (including phenoxy) is 1. The van der Waals surface area contributed by atoms with Gasteiger partial charge in [0, 0.05) is 11.9 Å². The lowest BCUT2D eigenvalue weighted by atomic mass is 10.1. The second-order valence-electron chi connectivity index (χ2n) is 7.43. The van der Waals surface area contributed by atoms with Crippen molar-refractivity contribution < 1.29 is 9.53 Å². The summed E-state index contributed by atoms with van der Waals surface area (Å²) >= 11 is 0. The van der Waals surface area contributed by atoms with E-state index in [0.717, 1.165) is 31.2 Å². The molecule has 6 nitrogen and oxygen atoms in total. The van der Waals surface area contributed by atoms with Gasteiger partial charge in [-0.3, -0.25) is 9.59 Å². The summed E-state index contributed by atoms with van der Waals surface area (Å²) in [5.41, 5.74) is 1.71. The molecule has 0 spiro atoms. The van der Waals surface area contributed by atoms with Crippen LogP contribution in [0.4, 0.5) is 5.69 Å². The summed E-state index contributed by atoms with van der Waals surface area (Å²) in [6.07, 6.45) is 3.76. The zero-order valence-corrected chi connectivity index (χ0v) is 17.9. The van der Waals surface area contributed by atoms with Gasteiger partial charge in [0.25, 0.3) is 11.5 Å². The van der Waals surface area contributed by atoms with E-state index in [1.165, 1.54) is 4.68 Å². The van der Waals surface area contributed by atoms with E-state index in [9.17, 15) is 9.59 Å².